The van der Waals surface area contributed by atoms with Crippen LogP contribution in [0.25, 0.3) is 0 Å². The number of benzene rings is 1. The van der Waals surface area contributed by atoms with Crippen molar-refractivity contribution in [3.05, 3.63) is 39.7 Å². The summed E-state index contributed by atoms with van der Waals surface area (Å²) in [6.07, 6.45) is 2.01. The van der Waals surface area contributed by atoms with Crippen molar-refractivity contribution in [1.82, 2.24) is 9.97 Å². The Morgan fingerprint density at radius 1 is 1.39 bits per heavy atom. The molecule has 0 aliphatic carbocycles. The van der Waals surface area contributed by atoms with Crippen molar-refractivity contribution in [1.29, 1.82) is 0 Å². The van der Waals surface area contributed by atoms with Gasteiger partial charge in [0.15, 0.2) is 0 Å². The standard InChI is InChI=1S/C17H18ClN5O5/c1-28-13-3-2-11(18)8-12(13)21-15-14(23(26)27)16(20-9-19-15)22-6-4-10(5-7-22)17(24)25/h2-3,8-10H,4-7H2,1H3,(H,24,25)(H,19,20,21). The molecule has 0 radical (unpaired) electrons. The number of carbonyl (C=O) groups is 1. The summed E-state index contributed by atoms with van der Waals surface area (Å²) in [6, 6.07) is 4.84. The fraction of sp³-hybridized carbons (Fsp3) is 0.353. The number of nitrogens with one attached hydrogen (secondary N) is 1. The fourth-order valence-corrected chi connectivity index (χ4v) is 3.28. The zero-order valence-electron chi connectivity index (χ0n) is 15.0. The van der Waals surface area contributed by atoms with Gasteiger partial charge in [-0.25, -0.2) is 9.97 Å². The quantitative estimate of drug-likeness (QED) is 0.547. The van der Waals surface area contributed by atoms with E-state index in [0.717, 1.165) is 0 Å². The second kappa shape index (κ2) is 8.26. The first-order valence-corrected chi connectivity index (χ1v) is 8.86. The minimum atomic E-state index is -0.854. The van der Waals surface area contributed by atoms with E-state index < -0.39 is 16.8 Å². The molecule has 28 heavy (non-hydrogen) atoms. The number of methoxy groups -OCH3 is 1. The number of carboxylic acids is 1. The number of piperidine rings is 1. The molecule has 0 saturated carbocycles. The Morgan fingerprint density at radius 3 is 2.71 bits per heavy atom. The molecule has 1 aromatic heterocycles. The van der Waals surface area contributed by atoms with Gasteiger partial charge in [-0.1, -0.05) is 11.6 Å². The molecule has 11 heteroatoms. The third-order valence-electron chi connectivity index (χ3n) is 4.54. The summed E-state index contributed by atoms with van der Waals surface area (Å²) in [7, 11) is 1.47. The zero-order chi connectivity index (χ0) is 20.3. The minimum absolute atomic E-state index is 0.00377. The highest BCUT2D eigenvalue weighted by Gasteiger charge is 2.32. The van der Waals surface area contributed by atoms with Gasteiger partial charge in [0, 0.05) is 18.1 Å². The lowest BCUT2D eigenvalue weighted by Crippen LogP contribution is -2.37. The summed E-state index contributed by atoms with van der Waals surface area (Å²) in [5.41, 5.74) is 0.130. The Bertz CT molecular complexity index is 902. The van der Waals surface area contributed by atoms with E-state index in [2.05, 4.69) is 15.3 Å². The number of aromatic nitrogens is 2. The molecule has 1 aliphatic heterocycles. The second-order valence-electron chi connectivity index (χ2n) is 6.22. The van der Waals surface area contributed by atoms with Gasteiger partial charge in [-0.05, 0) is 31.0 Å². The Hall–Kier alpha value is -3.14. The molecule has 10 nitrogen and oxygen atoms in total. The average Bonchev–Trinajstić information content (AvgIpc) is 2.68. The first kappa shape index (κ1) is 19.6. The molecule has 0 spiro atoms. The van der Waals surface area contributed by atoms with Crippen LogP contribution in [0.4, 0.5) is 23.0 Å². The number of nitrogens with zero attached hydrogens (tertiary/aromatic N) is 4. The van der Waals surface area contributed by atoms with Crippen molar-refractivity contribution >= 4 is 40.6 Å². The molecule has 1 saturated heterocycles. The van der Waals surface area contributed by atoms with E-state index in [-0.39, 0.29) is 17.3 Å². The molecular weight excluding hydrogens is 390 g/mol. The third kappa shape index (κ3) is 4.06. The van der Waals surface area contributed by atoms with Crippen LogP contribution >= 0.6 is 11.6 Å². The summed E-state index contributed by atoms with van der Waals surface area (Å²) in [4.78, 5) is 32.2. The number of carboxylic acid groups (broad SMARTS) is 1. The van der Waals surface area contributed by atoms with Crippen molar-refractivity contribution in [2.75, 3.05) is 30.4 Å². The van der Waals surface area contributed by atoms with Crippen LogP contribution in [0.3, 0.4) is 0 Å². The normalized spacial score (nSPS) is 14.6. The number of nitro groups is 1. The number of ether oxygens (including phenoxy) is 1. The minimum Gasteiger partial charge on any atom is -0.495 e. The van der Waals surface area contributed by atoms with Crippen LogP contribution in [0.2, 0.25) is 5.02 Å². The van der Waals surface area contributed by atoms with Crippen molar-refractivity contribution in [2.24, 2.45) is 5.92 Å². The van der Waals surface area contributed by atoms with E-state index in [1.807, 2.05) is 0 Å². The predicted octanol–water partition coefficient (Wildman–Crippen LogP) is 3.09. The Labute approximate surface area is 165 Å². The number of hydrogen-bond donors (Lipinski definition) is 2. The van der Waals surface area contributed by atoms with E-state index in [1.54, 1.807) is 23.1 Å². The Balaban J connectivity index is 1.94. The second-order valence-corrected chi connectivity index (χ2v) is 6.66. The smallest absolute Gasteiger partial charge is 0.353 e. The van der Waals surface area contributed by atoms with Gasteiger partial charge in [-0.15, -0.1) is 0 Å². The van der Waals surface area contributed by atoms with Gasteiger partial charge in [-0.2, -0.15) is 0 Å². The first-order chi connectivity index (χ1) is 13.4. The van der Waals surface area contributed by atoms with Gasteiger partial charge in [0.1, 0.15) is 12.1 Å². The molecule has 0 unspecified atom stereocenters. The largest absolute Gasteiger partial charge is 0.495 e. The summed E-state index contributed by atoms with van der Waals surface area (Å²) in [5.74, 6) is -0.720. The number of anilines is 3. The van der Waals surface area contributed by atoms with Crippen LogP contribution in [0.5, 0.6) is 5.75 Å². The molecule has 148 valence electrons. The number of hydrogen-bond acceptors (Lipinski definition) is 8. The van der Waals surface area contributed by atoms with Gasteiger partial charge in [-0.3, -0.25) is 14.9 Å². The van der Waals surface area contributed by atoms with Crippen molar-refractivity contribution < 1.29 is 19.6 Å². The molecule has 2 heterocycles. The maximum atomic E-state index is 11.8. The maximum Gasteiger partial charge on any atom is 0.353 e. The topological polar surface area (TPSA) is 131 Å². The van der Waals surface area contributed by atoms with Crippen LogP contribution in [-0.2, 0) is 4.79 Å². The van der Waals surface area contributed by atoms with E-state index >= 15 is 0 Å². The van der Waals surface area contributed by atoms with Crippen molar-refractivity contribution in [2.45, 2.75) is 12.8 Å². The first-order valence-electron chi connectivity index (χ1n) is 8.48. The van der Waals surface area contributed by atoms with Crippen LogP contribution in [0, 0.1) is 16.0 Å². The van der Waals surface area contributed by atoms with Crippen molar-refractivity contribution in [3.63, 3.8) is 0 Å². The molecule has 0 amide bonds. The molecule has 0 bridgehead atoms. The number of halogens is 1. The zero-order valence-corrected chi connectivity index (χ0v) is 15.7. The Kier molecular flexibility index (Phi) is 5.78. The molecule has 3 rings (SSSR count). The summed E-state index contributed by atoms with van der Waals surface area (Å²) in [6.45, 7) is 0.712. The Morgan fingerprint density at radius 2 is 2.11 bits per heavy atom. The summed E-state index contributed by atoms with van der Waals surface area (Å²) >= 11 is 6.02. The van der Waals surface area contributed by atoms with Crippen LogP contribution < -0.4 is 15.0 Å². The highest BCUT2D eigenvalue weighted by Crippen LogP contribution is 2.37. The van der Waals surface area contributed by atoms with E-state index in [9.17, 15) is 14.9 Å². The lowest BCUT2D eigenvalue weighted by Gasteiger charge is -2.30. The summed E-state index contributed by atoms with van der Waals surface area (Å²) in [5, 5.41) is 24.2. The highest BCUT2D eigenvalue weighted by molar-refractivity contribution is 6.31. The van der Waals surface area contributed by atoms with Crippen LogP contribution in [0.15, 0.2) is 24.5 Å². The molecule has 1 aliphatic rings. The fourth-order valence-electron chi connectivity index (χ4n) is 3.10. The summed E-state index contributed by atoms with van der Waals surface area (Å²) < 4.78 is 5.25. The SMILES string of the molecule is COc1ccc(Cl)cc1Nc1ncnc(N2CCC(C(=O)O)CC2)c1[N+](=O)[O-]. The highest BCUT2D eigenvalue weighted by atomic mass is 35.5. The lowest BCUT2D eigenvalue weighted by atomic mass is 9.97. The van der Waals surface area contributed by atoms with E-state index in [4.69, 9.17) is 21.4 Å². The molecule has 1 fully saturated rings. The lowest BCUT2D eigenvalue weighted by molar-refractivity contribution is -0.383. The van der Waals surface area contributed by atoms with Crippen molar-refractivity contribution in [3.8, 4) is 5.75 Å². The van der Waals surface area contributed by atoms with Crippen LogP contribution in [-0.4, -0.2) is 46.2 Å². The molecule has 2 aromatic rings. The van der Waals surface area contributed by atoms with E-state index in [0.29, 0.717) is 42.4 Å². The third-order valence-corrected chi connectivity index (χ3v) is 4.78. The molecular formula is C17H18ClN5O5. The van der Waals surface area contributed by atoms with E-state index in [1.165, 1.54) is 13.4 Å². The molecule has 0 atom stereocenters. The average molecular weight is 408 g/mol. The van der Waals surface area contributed by atoms with Gasteiger partial charge in [0.2, 0.25) is 11.6 Å². The monoisotopic (exact) mass is 407 g/mol. The van der Waals surface area contributed by atoms with Gasteiger partial charge in [0.05, 0.1) is 23.6 Å². The predicted molar refractivity (Wildman–Crippen MR) is 103 cm³/mol. The van der Waals surface area contributed by atoms with Gasteiger partial charge >= 0.3 is 11.7 Å². The maximum absolute atomic E-state index is 11.8. The number of aliphatic carboxylic acids is 1. The number of rotatable bonds is 6. The van der Waals surface area contributed by atoms with Gasteiger partial charge < -0.3 is 20.1 Å². The van der Waals surface area contributed by atoms with Crippen LogP contribution in [0.1, 0.15) is 12.8 Å². The molecule has 1 aromatic carbocycles. The molecule has 2 N–H and O–H groups in total. The van der Waals surface area contributed by atoms with Gasteiger partial charge in [0.25, 0.3) is 0 Å².